The van der Waals surface area contributed by atoms with Gasteiger partial charge in [-0.05, 0) is 43.2 Å². The topological polar surface area (TPSA) is 79.3 Å². The normalized spacial score (nSPS) is 27.4. The zero-order valence-corrected chi connectivity index (χ0v) is 14.9. The molecule has 0 radical (unpaired) electrons. The number of halogens is 1. The molecule has 4 rings (SSSR count). The number of hydrogen-bond donors (Lipinski definition) is 2. The summed E-state index contributed by atoms with van der Waals surface area (Å²) in [4.78, 5) is 28.7. The number of amides is 1. The maximum Gasteiger partial charge on any atom is 0.307 e. The number of nitrogens with zero attached hydrogens (tertiary/aromatic N) is 1. The first-order valence-corrected chi connectivity index (χ1v) is 9.54. The standard InChI is InChI=1S/C18H17ClN2O3S/c19-12-5-3-9(4-6-12)13-8-25-18(20-13)21-16(22)14-10-1-2-11(7-10)15(14)17(23)24/h3-6,8,10-11,14-15H,1-2,7H2,(H,23,24)(H,20,21,22)/t10-,11+,14+,15+/m1/s1. The van der Waals surface area contributed by atoms with Crippen LogP contribution in [0.4, 0.5) is 5.13 Å². The minimum absolute atomic E-state index is 0.138. The molecule has 2 bridgehead atoms. The monoisotopic (exact) mass is 376 g/mol. The van der Waals surface area contributed by atoms with Crippen LogP contribution in [0.15, 0.2) is 29.6 Å². The molecule has 5 nitrogen and oxygen atoms in total. The molecule has 2 aromatic rings. The molecule has 0 aliphatic heterocycles. The molecule has 0 saturated heterocycles. The number of rotatable bonds is 4. The summed E-state index contributed by atoms with van der Waals surface area (Å²) in [5.74, 6) is -1.75. The number of carbonyl (C=O) groups is 2. The Bertz CT molecular complexity index is 820. The second kappa shape index (κ2) is 6.42. The second-order valence-corrected chi connectivity index (χ2v) is 8.05. The van der Waals surface area contributed by atoms with Gasteiger partial charge in [0.25, 0.3) is 0 Å². The predicted molar refractivity (Wildman–Crippen MR) is 96.6 cm³/mol. The number of anilines is 1. The van der Waals surface area contributed by atoms with Crippen LogP contribution in [0.5, 0.6) is 0 Å². The molecular weight excluding hydrogens is 360 g/mol. The lowest BCUT2D eigenvalue weighted by Gasteiger charge is -2.26. The van der Waals surface area contributed by atoms with E-state index < -0.39 is 17.8 Å². The van der Waals surface area contributed by atoms with Crippen molar-refractivity contribution in [2.24, 2.45) is 23.7 Å². The summed E-state index contributed by atoms with van der Waals surface area (Å²) in [7, 11) is 0. The Hall–Kier alpha value is -1.92. The summed E-state index contributed by atoms with van der Waals surface area (Å²) in [6.45, 7) is 0. The van der Waals surface area contributed by atoms with Crippen LogP contribution in [0.1, 0.15) is 19.3 Å². The average Bonchev–Trinajstić information content (AvgIpc) is 3.30. The van der Waals surface area contributed by atoms with E-state index in [1.54, 1.807) is 12.1 Å². The summed E-state index contributed by atoms with van der Waals surface area (Å²) < 4.78 is 0. The highest BCUT2D eigenvalue weighted by molar-refractivity contribution is 7.14. The smallest absolute Gasteiger partial charge is 0.307 e. The van der Waals surface area contributed by atoms with Crippen LogP contribution in [-0.2, 0) is 9.59 Å². The van der Waals surface area contributed by atoms with Gasteiger partial charge in [0.1, 0.15) is 0 Å². The highest BCUT2D eigenvalue weighted by Crippen LogP contribution is 2.52. The number of carboxylic acids is 1. The van der Waals surface area contributed by atoms with Gasteiger partial charge in [0.2, 0.25) is 5.91 Å². The quantitative estimate of drug-likeness (QED) is 0.840. The molecule has 7 heteroatoms. The van der Waals surface area contributed by atoms with Crippen molar-refractivity contribution < 1.29 is 14.7 Å². The molecule has 0 spiro atoms. The van der Waals surface area contributed by atoms with E-state index in [0.717, 1.165) is 30.5 Å². The van der Waals surface area contributed by atoms with Gasteiger partial charge in [0, 0.05) is 16.0 Å². The van der Waals surface area contributed by atoms with E-state index in [-0.39, 0.29) is 17.7 Å². The van der Waals surface area contributed by atoms with Crippen LogP contribution in [-0.4, -0.2) is 22.0 Å². The van der Waals surface area contributed by atoms with Gasteiger partial charge in [-0.3, -0.25) is 9.59 Å². The van der Waals surface area contributed by atoms with E-state index in [2.05, 4.69) is 10.3 Å². The number of hydrogen-bond acceptors (Lipinski definition) is 4. The maximum absolute atomic E-state index is 12.7. The fourth-order valence-electron chi connectivity index (χ4n) is 4.30. The van der Waals surface area contributed by atoms with Crippen molar-refractivity contribution in [1.82, 2.24) is 4.98 Å². The van der Waals surface area contributed by atoms with Crippen molar-refractivity contribution in [3.05, 3.63) is 34.7 Å². The van der Waals surface area contributed by atoms with Gasteiger partial charge in [0.05, 0.1) is 17.5 Å². The van der Waals surface area contributed by atoms with Crippen LogP contribution < -0.4 is 5.32 Å². The highest BCUT2D eigenvalue weighted by atomic mass is 35.5. The number of carboxylic acid groups (broad SMARTS) is 1. The summed E-state index contributed by atoms with van der Waals surface area (Å²) in [6, 6.07) is 7.33. The van der Waals surface area contributed by atoms with E-state index in [4.69, 9.17) is 11.6 Å². The molecule has 25 heavy (non-hydrogen) atoms. The zero-order chi connectivity index (χ0) is 17.6. The van der Waals surface area contributed by atoms with Crippen LogP contribution in [0.2, 0.25) is 5.02 Å². The van der Waals surface area contributed by atoms with Gasteiger partial charge >= 0.3 is 5.97 Å². The van der Waals surface area contributed by atoms with Crippen LogP contribution in [0.25, 0.3) is 11.3 Å². The first-order valence-electron chi connectivity index (χ1n) is 8.28. The third-order valence-corrected chi connectivity index (χ3v) is 6.39. The van der Waals surface area contributed by atoms with Gasteiger partial charge in [-0.2, -0.15) is 0 Å². The van der Waals surface area contributed by atoms with E-state index in [9.17, 15) is 14.7 Å². The Labute approximate surface area is 154 Å². The van der Waals surface area contributed by atoms with E-state index in [0.29, 0.717) is 10.2 Å². The van der Waals surface area contributed by atoms with Gasteiger partial charge in [-0.1, -0.05) is 23.7 Å². The summed E-state index contributed by atoms with van der Waals surface area (Å²) in [6.07, 6.45) is 2.72. The lowest BCUT2D eigenvalue weighted by atomic mass is 9.79. The molecule has 2 aliphatic carbocycles. The fraction of sp³-hybridized carbons (Fsp3) is 0.389. The predicted octanol–water partition coefficient (Wildman–Crippen LogP) is 4.15. The Balaban J connectivity index is 1.50. The van der Waals surface area contributed by atoms with Crippen molar-refractivity contribution in [3.8, 4) is 11.3 Å². The van der Waals surface area contributed by atoms with E-state index >= 15 is 0 Å². The minimum Gasteiger partial charge on any atom is -0.481 e. The number of thiazole rings is 1. The third kappa shape index (κ3) is 3.04. The molecule has 1 amide bonds. The Kier molecular flexibility index (Phi) is 4.25. The number of carbonyl (C=O) groups excluding carboxylic acids is 1. The Morgan fingerprint density at radius 2 is 1.84 bits per heavy atom. The largest absolute Gasteiger partial charge is 0.481 e. The third-order valence-electron chi connectivity index (χ3n) is 5.38. The van der Waals surface area contributed by atoms with Crippen molar-refractivity contribution >= 4 is 39.9 Å². The van der Waals surface area contributed by atoms with Crippen LogP contribution in [0.3, 0.4) is 0 Å². The number of nitrogens with one attached hydrogen (secondary N) is 1. The number of aliphatic carboxylic acids is 1. The maximum atomic E-state index is 12.7. The molecule has 2 N–H and O–H groups in total. The van der Waals surface area contributed by atoms with Gasteiger partial charge in [0.15, 0.2) is 5.13 Å². The fourth-order valence-corrected chi connectivity index (χ4v) is 5.15. The first kappa shape index (κ1) is 16.5. The number of benzene rings is 1. The summed E-state index contributed by atoms with van der Waals surface area (Å²) >= 11 is 7.24. The molecule has 2 fully saturated rings. The van der Waals surface area contributed by atoms with Crippen molar-refractivity contribution in [2.45, 2.75) is 19.3 Å². The summed E-state index contributed by atoms with van der Waals surface area (Å²) in [5, 5.41) is 15.4. The summed E-state index contributed by atoms with van der Waals surface area (Å²) in [5.41, 5.74) is 1.68. The minimum atomic E-state index is -0.853. The molecule has 0 unspecified atom stereocenters. The number of fused-ring (bicyclic) bond motifs is 2. The van der Waals surface area contributed by atoms with E-state index in [1.807, 2.05) is 17.5 Å². The van der Waals surface area contributed by atoms with Crippen molar-refractivity contribution in [3.63, 3.8) is 0 Å². The average molecular weight is 377 g/mol. The molecule has 1 aromatic heterocycles. The molecular formula is C18H17ClN2O3S. The first-order chi connectivity index (χ1) is 12.0. The molecule has 2 aliphatic rings. The number of aromatic nitrogens is 1. The molecule has 1 aromatic carbocycles. The van der Waals surface area contributed by atoms with Crippen molar-refractivity contribution in [1.29, 1.82) is 0 Å². The zero-order valence-electron chi connectivity index (χ0n) is 13.3. The Morgan fingerprint density at radius 3 is 2.52 bits per heavy atom. The lowest BCUT2D eigenvalue weighted by Crippen LogP contribution is -2.37. The van der Waals surface area contributed by atoms with Crippen LogP contribution in [0, 0.1) is 23.7 Å². The highest BCUT2D eigenvalue weighted by Gasteiger charge is 2.54. The van der Waals surface area contributed by atoms with Crippen molar-refractivity contribution in [2.75, 3.05) is 5.32 Å². The molecule has 1 heterocycles. The lowest BCUT2D eigenvalue weighted by molar-refractivity contribution is -0.148. The van der Waals surface area contributed by atoms with Gasteiger partial charge in [-0.25, -0.2) is 4.98 Å². The molecule has 2 saturated carbocycles. The van der Waals surface area contributed by atoms with Gasteiger partial charge in [-0.15, -0.1) is 11.3 Å². The van der Waals surface area contributed by atoms with Gasteiger partial charge < -0.3 is 10.4 Å². The molecule has 4 atom stereocenters. The van der Waals surface area contributed by atoms with E-state index in [1.165, 1.54) is 11.3 Å². The SMILES string of the molecule is O=C(O)[C@H]1[C@H]2CC[C@H](C2)[C@@H]1C(=O)Nc1nc(-c2ccc(Cl)cc2)cs1. The Morgan fingerprint density at radius 1 is 1.16 bits per heavy atom. The van der Waals surface area contributed by atoms with Crippen LogP contribution >= 0.6 is 22.9 Å². The second-order valence-electron chi connectivity index (χ2n) is 6.76. The molecule has 130 valence electrons.